The fourth-order valence-corrected chi connectivity index (χ4v) is 2.71. The lowest BCUT2D eigenvalue weighted by atomic mass is 10.1. The first-order valence-electron chi connectivity index (χ1n) is 9.30. The molecule has 0 bridgehead atoms. The topological polar surface area (TPSA) is 82.5 Å². The molecule has 0 aliphatic rings. The molecular weight excluding hydrogens is 370 g/mol. The summed E-state index contributed by atoms with van der Waals surface area (Å²) >= 11 is 0. The van der Waals surface area contributed by atoms with E-state index in [1.54, 1.807) is 6.92 Å². The molecule has 0 aliphatic carbocycles. The van der Waals surface area contributed by atoms with Crippen molar-refractivity contribution in [2.45, 2.75) is 20.8 Å². The van der Waals surface area contributed by atoms with Crippen LogP contribution in [0.1, 0.15) is 28.4 Å². The number of carbonyl (C=O) groups excluding carboxylic acids is 2. The van der Waals surface area contributed by atoms with E-state index < -0.39 is 11.9 Å². The first kappa shape index (κ1) is 20.1. The molecular formula is C22H23N3O4. The molecule has 29 heavy (non-hydrogen) atoms. The van der Waals surface area contributed by atoms with Crippen molar-refractivity contribution in [3.05, 3.63) is 71.4 Å². The van der Waals surface area contributed by atoms with Gasteiger partial charge in [-0.3, -0.25) is 4.79 Å². The van der Waals surface area contributed by atoms with E-state index in [9.17, 15) is 9.59 Å². The minimum Gasteiger partial charge on any atom is -0.484 e. The third kappa shape index (κ3) is 4.82. The Morgan fingerprint density at radius 1 is 1.07 bits per heavy atom. The van der Waals surface area contributed by atoms with Gasteiger partial charge in [-0.2, -0.15) is 5.10 Å². The number of ether oxygens (including phenoxy) is 2. The highest BCUT2D eigenvalue weighted by Gasteiger charge is 2.21. The van der Waals surface area contributed by atoms with E-state index in [4.69, 9.17) is 9.47 Å². The maximum atomic E-state index is 12.5. The monoisotopic (exact) mass is 393 g/mol. The van der Waals surface area contributed by atoms with Crippen LogP contribution in [0, 0.1) is 13.8 Å². The second kappa shape index (κ2) is 9.05. The number of carbonyl (C=O) groups is 2. The molecule has 0 aliphatic heterocycles. The zero-order valence-corrected chi connectivity index (χ0v) is 16.6. The van der Waals surface area contributed by atoms with E-state index in [-0.39, 0.29) is 24.6 Å². The molecule has 3 rings (SSSR count). The van der Waals surface area contributed by atoms with Crippen molar-refractivity contribution in [3.8, 4) is 11.4 Å². The van der Waals surface area contributed by atoms with Gasteiger partial charge in [0.1, 0.15) is 11.3 Å². The Labute approximate surface area is 169 Å². The first-order valence-corrected chi connectivity index (χ1v) is 9.30. The third-order valence-electron chi connectivity index (χ3n) is 4.37. The van der Waals surface area contributed by atoms with Gasteiger partial charge in [-0.05, 0) is 56.2 Å². The summed E-state index contributed by atoms with van der Waals surface area (Å²) < 4.78 is 12.2. The van der Waals surface area contributed by atoms with Gasteiger partial charge in [0.25, 0.3) is 5.91 Å². The number of hydrogen-bond acceptors (Lipinski definition) is 5. The fourth-order valence-electron chi connectivity index (χ4n) is 2.71. The Morgan fingerprint density at radius 3 is 2.52 bits per heavy atom. The van der Waals surface area contributed by atoms with Crippen molar-refractivity contribution in [2.24, 2.45) is 0 Å². The van der Waals surface area contributed by atoms with Crippen LogP contribution in [0.5, 0.6) is 5.75 Å². The lowest BCUT2D eigenvalue weighted by Crippen LogP contribution is -2.23. The van der Waals surface area contributed by atoms with Crippen LogP contribution in [0.2, 0.25) is 0 Å². The summed E-state index contributed by atoms with van der Waals surface area (Å²) in [5, 5.41) is 6.97. The number of amides is 1. The van der Waals surface area contributed by atoms with Gasteiger partial charge in [0.2, 0.25) is 0 Å². The second-order valence-electron chi connectivity index (χ2n) is 6.46. The molecule has 0 atom stereocenters. The maximum absolute atomic E-state index is 12.5. The lowest BCUT2D eigenvalue weighted by molar-refractivity contribution is -0.118. The third-order valence-corrected chi connectivity index (χ3v) is 4.37. The Kier molecular flexibility index (Phi) is 6.29. The number of aryl methyl sites for hydroxylation is 2. The quantitative estimate of drug-likeness (QED) is 0.619. The predicted octanol–water partition coefficient (Wildman–Crippen LogP) is 3.68. The molecule has 7 nitrogen and oxygen atoms in total. The second-order valence-corrected chi connectivity index (χ2v) is 6.46. The number of anilines is 1. The summed E-state index contributed by atoms with van der Waals surface area (Å²) in [4.78, 5) is 24.8. The van der Waals surface area contributed by atoms with Crippen LogP contribution in [0.3, 0.4) is 0 Å². The lowest BCUT2D eigenvalue weighted by Gasteiger charge is -2.12. The molecule has 1 amide bonds. The van der Waals surface area contributed by atoms with Crippen LogP contribution in [-0.4, -0.2) is 34.9 Å². The zero-order chi connectivity index (χ0) is 20.8. The Bertz CT molecular complexity index is 1010. The van der Waals surface area contributed by atoms with Crippen LogP contribution >= 0.6 is 0 Å². The number of rotatable bonds is 7. The van der Waals surface area contributed by atoms with Gasteiger partial charge < -0.3 is 14.8 Å². The number of nitrogens with zero attached hydrogens (tertiary/aromatic N) is 2. The molecule has 1 N–H and O–H groups in total. The molecule has 0 fully saturated rings. The molecule has 1 heterocycles. The highest BCUT2D eigenvalue weighted by atomic mass is 16.5. The van der Waals surface area contributed by atoms with E-state index in [0.717, 1.165) is 11.1 Å². The van der Waals surface area contributed by atoms with Gasteiger partial charge in [0.05, 0.1) is 18.5 Å². The van der Waals surface area contributed by atoms with Crippen molar-refractivity contribution in [3.63, 3.8) is 0 Å². The Morgan fingerprint density at radius 2 is 1.83 bits per heavy atom. The van der Waals surface area contributed by atoms with E-state index >= 15 is 0 Å². The first-order chi connectivity index (χ1) is 14.0. The number of benzene rings is 2. The molecule has 2 aromatic carbocycles. The molecule has 0 radical (unpaired) electrons. The molecule has 0 saturated heterocycles. The van der Waals surface area contributed by atoms with E-state index in [0.29, 0.717) is 11.4 Å². The molecule has 0 unspecified atom stereocenters. The van der Waals surface area contributed by atoms with E-state index in [1.165, 1.54) is 10.9 Å². The Hall–Kier alpha value is -3.61. The number of nitrogens with one attached hydrogen (secondary N) is 1. The number of aromatic nitrogens is 2. The van der Waals surface area contributed by atoms with E-state index in [1.807, 2.05) is 62.4 Å². The summed E-state index contributed by atoms with van der Waals surface area (Å²) in [6.45, 7) is 5.72. The number of esters is 1. The van der Waals surface area contributed by atoms with Crippen LogP contribution < -0.4 is 10.1 Å². The minimum absolute atomic E-state index is 0.176. The van der Waals surface area contributed by atoms with Crippen molar-refractivity contribution < 1.29 is 19.1 Å². The van der Waals surface area contributed by atoms with Crippen LogP contribution in [-0.2, 0) is 9.53 Å². The average molecular weight is 393 g/mol. The molecule has 1 aromatic heterocycles. The molecule has 0 spiro atoms. The maximum Gasteiger partial charge on any atom is 0.343 e. The zero-order valence-electron chi connectivity index (χ0n) is 16.6. The summed E-state index contributed by atoms with van der Waals surface area (Å²) in [5.74, 6) is -0.125. The van der Waals surface area contributed by atoms with Crippen molar-refractivity contribution in [2.75, 3.05) is 18.5 Å². The van der Waals surface area contributed by atoms with Crippen LogP contribution in [0.25, 0.3) is 5.69 Å². The van der Waals surface area contributed by atoms with Gasteiger partial charge in [-0.25, -0.2) is 9.48 Å². The van der Waals surface area contributed by atoms with Crippen molar-refractivity contribution in [1.29, 1.82) is 0 Å². The summed E-state index contributed by atoms with van der Waals surface area (Å²) in [7, 11) is 0. The molecule has 7 heteroatoms. The van der Waals surface area contributed by atoms with Crippen molar-refractivity contribution >= 4 is 17.7 Å². The Balaban J connectivity index is 1.80. The van der Waals surface area contributed by atoms with Gasteiger partial charge in [-0.1, -0.05) is 24.3 Å². The predicted molar refractivity (Wildman–Crippen MR) is 110 cm³/mol. The highest BCUT2D eigenvalue weighted by Crippen LogP contribution is 2.22. The number of para-hydroxylation sites is 1. The summed E-state index contributed by atoms with van der Waals surface area (Å²) in [6.07, 6.45) is 1.38. The largest absolute Gasteiger partial charge is 0.484 e. The smallest absolute Gasteiger partial charge is 0.343 e. The molecule has 0 saturated carbocycles. The summed E-state index contributed by atoms with van der Waals surface area (Å²) in [5.41, 5.74) is 3.10. The van der Waals surface area contributed by atoms with E-state index in [2.05, 4.69) is 10.4 Å². The minimum atomic E-state index is -0.556. The van der Waals surface area contributed by atoms with Crippen LogP contribution in [0.15, 0.2) is 54.7 Å². The van der Waals surface area contributed by atoms with Gasteiger partial charge in [0.15, 0.2) is 12.4 Å². The SMILES string of the molecule is CCOC(=O)c1cnn(-c2ccccc2)c1NC(=O)COc1ccc(C)c(C)c1. The molecule has 3 aromatic rings. The number of hydrogen-bond donors (Lipinski definition) is 1. The summed E-state index contributed by atoms with van der Waals surface area (Å²) in [6, 6.07) is 14.8. The molecule has 150 valence electrons. The normalized spacial score (nSPS) is 10.4. The van der Waals surface area contributed by atoms with Crippen LogP contribution in [0.4, 0.5) is 5.82 Å². The fraction of sp³-hybridized carbons (Fsp3) is 0.227. The van der Waals surface area contributed by atoms with Gasteiger partial charge in [0, 0.05) is 0 Å². The average Bonchev–Trinajstić information content (AvgIpc) is 3.13. The van der Waals surface area contributed by atoms with Crippen molar-refractivity contribution in [1.82, 2.24) is 9.78 Å². The van der Waals surface area contributed by atoms with Gasteiger partial charge in [-0.15, -0.1) is 0 Å². The van der Waals surface area contributed by atoms with Gasteiger partial charge >= 0.3 is 5.97 Å². The highest BCUT2D eigenvalue weighted by molar-refractivity contribution is 6.00. The standard InChI is InChI=1S/C22H23N3O4/c1-4-28-22(27)19-13-23-25(17-8-6-5-7-9-17)21(19)24-20(26)14-29-18-11-10-15(2)16(3)12-18/h5-13H,4,14H2,1-3H3,(H,24,26).